The molecule has 0 spiro atoms. The summed E-state index contributed by atoms with van der Waals surface area (Å²) in [5, 5.41) is 0. The molecule has 0 N–H and O–H groups in total. The van der Waals surface area contributed by atoms with Gasteiger partial charge in [0.1, 0.15) is 8.24 Å². The Kier molecular flexibility index (Phi) is 10.2. The van der Waals surface area contributed by atoms with E-state index in [1.165, 1.54) is 63.2 Å². The van der Waals surface area contributed by atoms with Crippen molar-refractivity contribution in [2.45, 2.75) is 84.4 Å². The maximum absolute atomic E-state index is 2.77. The highest BCUT2D eigenvalue weighted by atomic mass is 28.3. The van der Waals surface area contributed by atoms with E-state index in [1.807, 2.05) is 0 Å². The van der Waals surface area contributed by atoms with Crippen LogP contribution in [0.5, 0.6) is 0 Å². The van der Waals surface area contributed by atoms with Crippen LogP contribution in [0.15, 0.2) is 0 Å². The van der Waals surface area contributed by atoms with Gasteiger partial charge < -0.3 is 4.57 Å². The van der Waals surface area contributed by atoms with E-state index in [0.29, 0.717) is 0 Å². The molecule has 0 atom stereocenters. The summed E-state index contributed by atoms with van der Waals surface area (Å²) in [6.07, 6.45) is 8.44. The average Bonchev–Trinajstić information content (AvgIpc) is 2.37. The minimum Gasteiger partial charge on any atom is -0.326 e. The summed E-state index contributed by atoms with van der Waals surface area (Å²) < 4.78 is 2.77. The largest absolute Gasteiger partial charge is 0.326 e. The van der Waals surface area contributed by atoms with Crippen molar-refractivity contribution in [2.75, 3.05) is 13.6 Å². The standard InChI is InChI=1S/C15H35NSi/c1-6-10-13-17(14-11-7-2,15-12-8-3)16(5)9-4/h6-15H2,1-5H3. The van der Waals surface area contributed by atoms with Crippen LogP contribution in [0.2, 0.25) is 18.1 Å². The predicted molar refractivity (Wildman–Crippen MR) is 83.2 cm³/mol. The summed E-state index contributed by atoms with van der Waals surface area (Å²) in [5.74, 6) is 0. The van der Waals surface area contributed by atoms with Gasteiger partial charge in [0.15, 0.2) is 0 Å². The second-order valence-electron chi connectivity index (χ2n) is 5.55. The summed E-state index contributed by atoms with van der Waals surface area (Å²) in [4.78, 5) is 0. The fourth-order valence-corrected chi connectivity index (χ4v) is 8.40. The molecule has 0 amide bonds. The molecule has 0 saturated heterocycles. The van der Waals surface area contributed by atoms with Crippen molar-refractivity contribution in [3.63, 3.8) is 0 Å². The molecule has 0 bridgehead atoms. The van der Waals surface area contributed by atoms with Crippen LogP contribution in [0.3, 0.4) is 0 Å². The molecule has 0 aliphatic heterocycles. The Labute approximate surface area is 111 Å². The molecule has 0 aliphatic carbocycles. The van der Waals surface area contributed by atoms with E-state index >= 15 is 0 Å². The van der Waals surface area contributed by atoms with Gasteiger partial charge in [0.25, 0.3) is 0 Å². The van der Waals surface area contributed by atoms with E-state index in [1.54, 1.807) is 0 Å². The monoisotopic (exact) mass is 257 g/mol. The molecule has 0 saturated carbocycles. The van der Waals surface area contributed by atoms with Crippen molar-refractivity contribution < 1.29 is 0 Å². The molecule has 104 valence electrons. The van der Waals surface area contributed by atoms with Gasteiger partial charge in [-0.2, -0.15) is 0 Å². The second kappa shape index (κ2) is 10.1. The summed E-state index contributed by atoms with van der Waals surface area (Å²) in [6.45, 7) is 10.6. The van der Waals surface area contributed by atoms with Crippen LogP contribution < -0.4 is 0 Å². The van der Waals surface area contributed by atoms with Gasteiger partial charge in [-0.15, -0.1) is 0 Å². The van der Waals surface area contributed by atoms with Crippen molar-refractivity contribution in [3.8, 4) is 0 Å². The lowest BCUT2D eigenvalue weighted by Crippen LogP contribution is -2.51. The van der Waals surface area contributed by atoms with Crippen molar-refractivity contribution in [1.82, 2.24) is 4.57 Å². The lowest BCUT2D eigenvalue weighted by molar-refractivity contribution is 0.506. The van der Waals surface area contributed by atoms with E-state index in [4.69, 9.17) is 0 Å². The highest BCUT2D eigenvalue weighted by molar-refractivity contribution is 6.77. The lowest BCUT2D eigenvalue weighted by Gasteiger charge is -2.40. The molecular weight excluding hydrogens is 222 g/mol. The molecule has 1 nitrogen and oxygen atoms in total. The van der Waals surface area contributed by atoms with Gasteiger partial charge in [-0.1, -0.05) is 66.2 Å². The summed E-state index contributed by atoms with van der Waals surface area (Å²) in [7, 11) is 1.27. The van der Waals surface area contributed by atoms with Crippen molar-refractivity contribution in [3.05, 3.63) is 0 Å². The fourth-order valence-electron chi connectivity index (χ4n) is 2.80. The third-order valence-corrected chi connectivity index (χ3v) is 10.1. The Hall–Kier alpha value is 0.177. The lowest BCUT2D eigenvalue weighted by atomic mass is 10.4. The minimum absolute atomic E-state index is 1.13. The fraction of sp³-hybridized carbons (Fsp3) is 1.00. The molecule has 0 unspecified atom stereocenters. The molecule has 0 heterocycles. The highest BCUT2D eigenvalue weighted by Gasteiger charge is 2.34. The maximum Gasteiger partial charge on any atom is 0.128 e. The summed E-state index contributed by atoms with van der Waals surface area (Å²) >= 11 is 0. The molecule has 0 fully saturated rings. The quantitative estimate of drug-likeness (QED) is 0.455. The maximum atomic E-state index is 2.77. The molecule has 0 aromatic carbocycles. The molecule has 0 aromatic rings. The third-order valence-electron chi connectivity index (χ3n) is 4.27. The molecule has 0 radical (unpaired) electrons. The van der Waals surface area contributed by atoms with Crippen LogP contribution >= 0.6 is 0 Å². The Morgan fingerprint density at radius 1 is 0.706 bits per heavy atom. The Morgan fingerprint density at radius 3 is 1.29 bits per heavy atom. The van der Waals surface area contributed by atoms with Crippen LogP contribution in [0.25, 0.3) is 0 Å². The zero-order chi connectivity index (χ0) is 13.1. The van der Waals surface area contributed by atoms with E-state index in [2.05, 4.69) is 39.3 Å². The van der Waals surface area contributed by atoms with Crippen molar-refractivity contribution in [2.24, 2.45) is 0 Å². The van der Waals surface area contributed by atoms with Gasteiger partial charge in [-0.3, -0.25) is 0 Å². The first-order chi connectivity index (χ1) is 8.16. The minimum atomic E-state index is -1.13. The summed E-state index contributed by atoms with van der Waals surface area (Å²) in [5.41, 5.74) is 0. The van der Waals surface area contributed by atoms with Crippen molar-refractivity contribution in [1.29, 1.82) is 0 Å². The van der Waals surface area contributed by atoms with Gasteiger partial charge in [0.05, 0.1) is 0 Å². The molecule has 2 heteroatoms. The van der Waals surface area contributed by atoms with Gasteiger partial charge in [0.2, 0.25) is 0 Å². The van der Waals surface area contributed by atoms with Crippen LogP contribution in [-0.4, -0.2) is 26.4 Å². The van der Waals surface area contributed by atoms with E-state index in [9.17, 15) is 0 Å². The predicted octanol–water partition coefficient (Wildman–Crippen LogP) is 5.28. The smallest absolute Gasteiger partial charge is 0.128 e. The number of unbranched alkanes of at least 4 members (excludes halogenated alkanes) is 3. The number of hydrogen-bond acceptors (Lipinski definition) is 1. The zero-order valence-electron chi connectivity index (χ0n) is 13.0. The van der Waals surface area contributed by atoms with Crippen LogP contribution in [0.4, 0.5) is 0 Å². The molecule has 0 aromatic heterocycles. The summed E-state index contributed by atoms with van der Waals surface area (Å²) in [6, 6.07) is 4.61. The van der Waals surface area contributed by atoms with E-state index in [-0.39, 0.29) is 0 Å². The third kappa shape index (κ3) is 6.05. The Morgan fingerprint density at radius 2 is 1.06 bits per heavy atom. The SMILES string of the molecule is CCCC[Si](CCCC)(CCCC)N(C)CC. The van der Waals surface area contributed by atoms with Crippen LogP contribution in [0, 0.1) is 0 Å². The van der Waals surface area contributed by atoms with Gasteiger partial charge >= 0.3 is 0 Å². The van der Waals surface area contributed by atoms with Gasteiger partial charge in [-0.05, 0) is 31.7 Å². The molecular formula is C15H35NSi. The first-order valence-corrected chi connectivity index (χ1v) is 10.4. The van der Waals surface area contributed by atoms with Gasteiger partial charge in [-0.25, -0.2) is 0 Å². The Bertz CT molecular complexity index is 149. The van der Waals surface area contributed by atoms with E-state index in [0.717, 1.165) is 0 Å². The Balaban J connectivity index is 4.63. The number of nitrogens with zero attached hydrogens (tertiary/aromatic N) is 1. The van der Waals surface area contributed by atoms with E-state index < -0.39 is 8.24 Å². The number of rotatable bonds is 11. The van der Waals surface area contributed by atoms with Gasteiger partial charge in [0, 0.05) is 0 Å². The van der Waals surface area contributed by atoms with Crippen LogP contribution in [-0.2, 0) is 0 Å². The zero-order valence-corrected chi connectivity index (χ0v) is 14.0. The van der Waals surface area contributed by atoms with Crippen LogP contribution in [0.1, 0.15) is 66.2 Å². The first-order valence-electron chi connectivity index (χ1n) is 7.88. The number of hydrogen-bond donors (Lipinski definition) is 0. The average molecular weight is 258 g/mol. The topological polar surface area (TPSA) is 3.24 Å². The van der Waals surface area contributed by atoms with Crippen molar-refractivity contribution >= 4 is 8.24 Å². The normalized spacial score (nSPS) is 12.4. The molecule has 0 rings (SSSR count). The highest BCUT2D eigenvalue weighted by Crippen LogP contribution is 2.30. The second-order valence-corrected chi connectivity index (χ2v) is 10.3. The molecule has 0 aliphatic rings. The first kappa shape index (κ1) is 17.2. The molecule has 17 heavy (non-hydrogen) atoms.